The van der Waals surface area contributed by atoms with E-state index in [2.05, 4.69) is 35.7 Å². The normalized spacial score (nSPS) is 11.3. The number of H-pyrrole nitrogens is 2. The van der Waals surface area contributed by atoms with Crippen LogP contribution in [-0.4, -0.2) is 30.4 Å². The molecule has 0 radical (unpaired) electrons. The first-order valence-electron chi connectivity index (χ1n) is 7.31. The zero-order valence-corrected chi connectivity index (χ0v) is 13.1. The van der Waals surface area contributed by atoms with Crippen molar-refractivity contribution >= 4 is 44.8 Å². The molecule has 0 saturated carbocycles. The molecule has 0 aliphatic carbocycles. The summed E-state index contributed by atoms with van der Waals surface area (Å²) in [6, 6.07) is 8.00. The SMILES string of the molecule is c1cc(-c2nc(Nc3ccc4cn[nH]c4c3)c3[nH]ncc3n2)cs1. The number of hydrogen-bond acceptors (Lipinski definition) is 6. The van der Waals surface area contributed by atoms with Crippen LogP contribution in [0.4, 0.5) is 11.5 Å². The summed E-state index contributed by atoms with van der Waals surface area (Å²) in [5.41, 5.74) is 4.43. The number of aromatic amines is 2. The molecule has 1 aromatic carbocycles. The first kappa shape index (κ1) is 13.2. The molecule has 0 spiro atoms. The zero-order chi connectivity index (χ0) is 15.9. The molecule has 24 heavy (non-hydrogen) atoms. The van der Waals surface area contributed by atoms with Gasteiger partial charge in [-0.25, -0.2) is 9.97 Å². The van der Waals surface area contributed by atoms with E-state index in [1.807, 2.05) is 35.0 Å². The number of benzene rings is 1. The van der Waals surface area contributed by atoms with E-state index in [0.717, 1.165) is 33.2 Å². The zero-order valence-electron chi connectivity index (χ0n) is 12.3. The lowest BCUT2D eigenvalue weighted by molar-refractivity contribution is 1.11. The van der Waals surface area contributed by atoms with Gasteiger partial charge in [-0.1, -0.05) is 0 Å². The van der Waals surface area contributed by atoms with Crippen LogP contribution in [0.2, 0.25) is 0 Å². The Hall–Kier alpha value is -3.26. The van der Waals surface area contributed by atoms with Gasteiger partial charge < -0.3 is 5.32 Å². The highest BCUT2D eigenvalue weighted by atomic mass is 32.1. The van der Waals surface area contributed by atoms with Gasteiger partial charge in [-0.15, -0.1) is 0 Å². The van der Waals surface area contributed by atoms with E-state index in [1.165, 1.54) is 0 Å². The first-order valence-corrected chi connectivity index (χ1v) is 8.25. The highest BCUT2D eigenvalue weighted by Gasteiger charge is 2.12. The number of hydrogen-bond donors (Lipinski definition) is 3. The summed E-state index contributed by atoms with van der Waals surface area (Å²) in [4.78, 5) is 9.23. The minimum absolute atomic E-state index is 0.676. The molecule has 7 nitrogen and oxygen atoms in total. The summed E-state index contributed by atoms with van der Waals surface area (Å²) in [7, 11) is 0. The topological polar surface area (TPSA) is 95.2 Å². The Bertz CT molecular complexity index is 1140. The maximum Gasteiger partial charge on any atom is 0.163 e. The number of nitrogens with zero attached hydrogens (tertiary/aromatic N) is 4. The molecule has 3 N–H and O–H groups in total. The quantitative estimate of drug-likeness (QED) is 0.468. The first-order chi connectivity index (χ1) is 11.9. The van der Waals surface area contributed by atoms with Crippen LogP contribution in [0.5, 0.6) is 0 Å². The van der Waals surface area contributed by atoms with Gasteiger partial charge in [0.15, 0.2) is 11.6 Å². The second-order valence-electron chi connectivity index (χ2n) is 5.34. The molecule has 116 valence electrons. The fourth-order valence-corrected chi connectivity index (χ4v) is 3.24. The largest absolute Gasteiger partial charge is 0.338 e. The number of anilines is 2. The molecule has 0 saturated heterocycles. The predicted octanol–water partition coefficient (Wildman–Crippen LogP) is 3.70. The molecule has 0 amide bonds. The Morgan fingerprint density at radius 3 is 2.88 bits per heavy atom. The minimum Gasteiger partial charge on any atom is -0.338 e. The maximum absolute atomic E-state index is 4.67. The van der Waals surface area contributed by atoms with Crippen molar-refractivity contribution in [2.24, 2.45) is 0 Å². The minimum atomic E-state index is 0.676. The molecule has 0 unspecified atom stereocenters. The highest BCUT2D eigenvalue weighted by Crippen LogP contribution is 2.27. The summed E-state index contributed by atoms with van der Waals surface area (Å²) in [6.07, 6.45) is 3.50. The van der Waals surface area contributed by atoms with Crippen molar-refractivity contribution in [3.63, 3.8) is 0 Å². The lowest BCUT2D eigenvalue weighted by Crippen LogP contribution is -1.98. The lowest BCUT2D eigenvalue weighted by Gasteiger charge is -2.08. The second-order valence-corrected chi connectivity index (χ2v) is 6.12. The van der Waals surface area contributed by atoms with E-state index in [4.69, 9.17) is 0 Å². The molecule has 5 rings (SSSR count). The van der Waals surface area contributed by atoms with Crippen molar-refractivity contribution in [3.8, 4) is 11.4 Å². The maximum atomic E-state index is 4.67. The molecule has 0 aliphatic rings. The summed E-state index contributed by atoms with van der Waals surface area (Å²) in [5, 5.41) is 22.5. The van der Waals surface area contributed by atoms with E-state index in [1.54, 1.807) is 23.7 Å². The Kier molecular flexibility index (Phi) is 2.83. The van der Waals surface area contributed by atoms with E-state index >= 15 is 0 Å². The van der Waals surface area contributed by atoms with Crippen LogP contribution in [-0.2, 0) is 0 Å². The molecule has 5 aromatic rings. The van der Waals surface area contributed by atoms with Crippen LogP contribution in [0.25, 0.3) is 33.3 Å². The third-order valence-electron chi connectivity index (χ3n) is 3.78. The van der Waals surface area contributed by atoms with Crippen molar-refractivity contribution in [3.05, 3.63) is 47.4 Å². The van der Waals surface area contributed by atoms with Crippen molar-refractivity contribution < 1.29 is 0 Å². The van der Waals surface area contributed by atoms with E-state index < -0.39 is 0 Å². The van der Waals surface area contributed by atoms with Crippen LogP contribution in [0, 0.1) is 0 Å². The van der Waals surface area contributed by atoms with Gasteiger partial charge >= 0.3 is 0 Å². The average molecular weight is 333 g/mol. The van der Waals surface area contributed by atoms with Crippen molar-refractivity contribution in [1.82, 2.24) is 30.4 Å². The van der Waals surface area contributed by atoms with Gasteiger partial charge in [0.25, 0.3) is 0 Å². The van der Waals surface area contributed by atoms with Crippen LogP contribution in [0.15, 0.2) is 47.4 Å². The molecule has 0 bridgehead atoms. The third-order valence-corrected chi connectivity index (χ3v) is 4.47. The van der Waals surface area contributed by atoms with Crippen LogP contribution >= 0.6 is 11.3 Å². The van der Waals surface area contributed by atoms with Crippen LogP contribution < -0.4 is 5.32 Å². The average Bonchev–Trinajstić information content (AvgIpc) is 3.34. The van der Waals surface area contributed by atoms with Crippen molar-refractivity contribution in [2.75, 3.05) is 5.32 Å². The third kappa shape index (κ3) is 2.12. The summed E-state index contributed by atoms with van der Waals surface area (Å²) >= 11 is 1.62. The second kappa shape index (κ2) is 5.14. The van der Waals surface area contributed by atoms with Gasteiger partial charge in [0, 0.05) is 22.0 Å². The van der Waals surface area contributed by atoms with Gasteiger partial charge in [-0.05, 0) is 29.6 Å². The highest BCUT2D eigenvalue weighted by molar-refractivity contribution is 7.08. The molecule has 8 heteroatoms. The molecule has 4 aromatic heterocycles. The Morgan fingerprint density at radius 2 is 1.96 bits per heavy atom. The summed E-state index contributed by atoms with van der Waals surface area (Å²) in [6.45, 7) is 0. The Labute approximate surface area is 139 Å². The number of thiophene rings is 1. The number of nitrogens with one attached hydrogen (secondary N) is 3. The Morgan fingerprint density at radius 1 is 1.00 bits per heavy atom. The van der Waals surface area contributed by atoms with E-state index in [0.29, 0.717) is 11.6 Å². The van der Waals surface area contributed by atoms with Crippen molar-refractivity contribution in [2.45, 2.75) is 0 Å². The van der Waals surface area contributed by atoms with E-state index in [-0.39, 0.29) is 0 Å². The number of fused-ring (bicyclic) bond motifs is 2. The predicted molar refractivity (Wildman–Crippen MR) is 94.4 cm³/mol. The van der Waals surface area contributed by atoms with Gasteiger partial charge in [0.2, 0.25) is 0 Å². The van der Waals surface area contributed by atoms with Crippen LogP contribution in [0.1, 0.15) is 0 Å². The molecule has 0 aliphatic heterocycles. The molecule has 0 fully saturated rings. The van der Waals surface area contributed by atoms with Gasteiger partial charge in [0.05, 0.1) is 17.9 Å². The fraction of sp³-hybridized carbons (Fsp3) is 0. The monoisotopic (exact) mass is 333 g/mol. The summed E-state index contributed by atoms with van der Waals surface area (Å²) < 4.78 is 0. The van der Waals surface area contributed by atoms with E-state index in [9.17, 15) is 0 Å². The standard InChI is InChI=1S/C16H11N7S/c1-2-11(5-12-9(1)6-17-22-12)19-16-14-13(7-18-23-14)20-15(21-16)10-3-4-24-8-10/h1-8H,(H,17,22)(H,18,23)(H,19,20,21). The number of aromatic nitrogens is 6. The molecule has 4 heterocycles. The smallest absolute Gasteiger partial charge is 0.163 e. The Balaban J connectivity index is 1.63. The fourth-order valence-electron chi connectivity index (χ4n) is 2.60. The molecular weight excluding hydrogens is 322 g/mol. The lowest BCUT2D eigenvalue weighted by atomic mass is 10.2. The summed E-state index contributed by atoms with van der Waals surface area (Å²) in [5.74, 6) is 1.37. The molecular formula is C16H11N7S. The van der Waals surface area contributed by atoms with Crippen molar-refractivity contribution in [1.29, 1.82) is 0 Å². The molecule has 0 atom stereocenters. The van der Waals surface area contributed by atoms with Gasteiger partial charge in [-0.2, -0.15) is 21.5 Å². The van der Waals surface area contributed by atoms with Gasteiger partial charge in [0.1, 0.15) is 11.0 Å². The van der Waals surface area contributed by atoms with Gasteiger partial charge in [-0.3, -0.25) is 10.2 Å². The number of rotatable bonds is 3. The van der Waals surface area contributed by atoms with Crippen LogP contribution in [0.3, 0.4) is 0 Å².